The molecule has 16 heavy (non-hydrogen) atoms. The van der Waals surface area contributed by atoms with Crippen LogP contribution in [0.4, 0.5) is 8.78 Å². The second kappa shape index (κ2) is 4.44. The van der Waals surface area contributed by atoms with E-state index < -0.39 is 11.6 Å². The van der Waals surface area contributed by atoms with E-state index in [4.69, 9.17) is 0 Å². The minimum atomic E-state index is -0.472. The Balaban J connectivity index is 2.28. The van der Waals surface area contributed by atoms with Crippen molar-refractivity contribution in [2.45, 2.75) is 31.5 Å². The summed E-state index contributed by atoms with van der Waals surface area (Å²) in [6.45, 7) is 3.79. The van der Waals surface area contributed by atoms with Gasteiger partial charge in [0.25, 0.3) is 0 Å². The number of hydrogen-bond donors (Lipinski definition) is 0. The van der Waals surface area contributed by atoms with E-state index in [2.05, 4.69) is 22.9 Å². The predicted octanol–water partition coefficient (Wildman–Crippen LogP) is 4.76. The molecule has 0 bridgehead atoms. The van der Waals surface area contributed by atoms with Crippen molar-refractivity contribution in [3.8, 4) is 0 Å². The van der Waals surface area contributed by atoms with E-state index in [1.54, 1.807) is 13.0 Å². The van der Waals surface area contributed by atoms with Crippen molar-refractivity contribution in [3.63, 3.8) is 0 Å². The van der Waals surface area contributed by atoms with Crippen molar-refractivity contribution in [2.24, 2.45) is 11.8 Å². The molecule has 2 atom stereocenters. The number of halogens is 3. The summed E-state index contributed by atoms with van der Waals surface area (Å²) in [4.78, 5) is -0.0145. The Hall–Kier alpha value is -0.440. The third kappa shape index (κ3) is 2.29. The molecule has 88 valence electrons. The quantitative estimate of drug-likeness (QED) is 0.704. The molecule has 0 amide bonds. The highest BCUT2D eigenvalue weighted by Gasteiger charge is 2.34. The predicted molar refractivity (Wildman–Crippen MR) is 64.7 cm³/mol. The Kier molecular flexibility index (Phi) is 3.34. The SMILES string of the molecule is Cc1cc(C(Br)C(C)C2CC2)c(F)cc1F. The summed E-state index contributed by atoms with van der Waals surface area (Å²) in [6.07, 6.45) is 2.45. The zero-order valence-corrected chi connectivity index (χ0v) is 11.0. The van der Waals surface area contributed by atoms with Gasteiger partial charge in [-0.25, -0.2) is 8.78 Å². The third-order valence-electron chi connectivity index (χ3n) is 3.40. The first-order valence-corrected chi connectivity index (χ1v) is 6.52. The molecule has 0 spiro atoms. The fourth-order valence-electron chi connectivity index (χ4n) is 2.04. The van der Waals surface area contributed by atoms with Crippen molar-refractivity contribution < 1.29 is 8.78 Å². The normalized spacial score (nSPS) is 19.6. The van der Waals surface area contributed by atoms with E-state index in [0.717, 1.165) is 6.07 Å². The molecule has 0 aliphatic heterocycles. The number of benzene rings is 1. The van der Waals surface area contributed by atoms with Crippen LogP contribution in [-0.4, -0.2) is 0 Å². The molecule has 2 unspecified atom stereocenters. The Bertz CT molecular complexity index is 399. The summed E-state index contributed by atoms with van der Waals surface area (Å²) in [5, 5.41) is 0. The Morgan fingerprint density at radius 1 is 1.25 bits per heavy atom. The molecule has 1 aliphatic carbocycles. The summed E-state index contributed by atoms with van der Waals surface area (Å²) in [5.74, 6) is 0.172. The van der Waals surface area contributed by atoms with Crippen LogP contribution in [0.3, 0.4) is 0 Å². The molecule has 1 aromatic carbocycles. The van der Waals surface area contributed by atoms with Gasteiger partial charge in [0.1, 0.15) is 11.6 Å². The van der Waals surface area contributed by atoms with E-state index >= 15 is 0 Å². The molecule has 0 saturated heterocycles. The first-order valence-electron chi connectivity index (χ1n) is 5.60. The molecular weight excluding hydrogens is 274 g/mol. The molecule has 0 aromatic heterocycles. The van der Waals surface area contributed by atoms with Crippen LogP contribution in [0, 0.1) is 30.4 Å². The largest absolute Gasteiger partial charge is 0.207 e. The lowest BCUT2D eigenvalue weighted by molar-refractivity contribution is 0.482. The molecule has 3 heteroatoms. The maximum absolute atomic E-state index is 13.7. The van der Waals surface area contributed by atoms with Crippen molar-refractivity contribution in [3.05, 3.63) is 34.9 Å². The molecule has 0 radical (unpaired) electrons. The smallest absolute Gasteiger partial charge is 0.130 e. The lowest BCUT2D eigenvalue weighted by Crippen LogP contribution is -2.08. The van der Waals surface area contributed by atoms with Crippen molar-refractivity contribution >= 4 is 15.9 Å². The highest BCUT2D eigenvalue weighted by atomic mass is 79.9. The zero-order valence-electron chi connectivity index (χ0n) is 9.43. The van der Waals surface area contributed by atoms with E-state index in [-0.39, 0.29) is 4.83 Å². The average molecular weight is 289 g/mol. The summed E-state index contributed by atoms with van der Waals surface area (Å²) in [6, 6.07) is 2.60. The van der Waals surface area contributed by atoms with Crippen LogP contribution in [-0.2, 0) is 0 Å². The van der Waals surface area contributed by atoms with Crippen molar-refractivity contribution in [1.29, 1.82) is 0 Å². The van der Waals surface area contributed by atoms with Crippen LogP contribution in [0.2, 0.25) is 0 Å². The van der Waals surface area contributed by atoms with E-state index in [1.807, 2.05) is 0 Å². The minimum Gasteiger partial charge on any atom is -0.207 e. The fourth-order valence-corrected chi connectivity index (χ4v) is 2.82. The van der Waals surface area contributed by atoms with E-state index in [9.17, 15) is 8.78 Å². The maximum Gasteiger partial charge on any atom is 0.130 e. The second-order valence-electron chi connectivity index (χ2n) is 4.72. The van der Waals surface area contributed by atoms with Gasteiger partial charge in [-0.15, -0.1) is 0 Å². The standard InChI is InChI=1S/C13H15BrF2/c1-7-5-10(12(16)6-11(7)15)13(14)8(2)9-3-4-9/h5-6,8-9,13H,3-4H2,1-2H3. The first-order chi connectivity index (χ1) is 7.50. The van der Waals surface area contributed by atoms with Gasteiger partial charge in [0.05, 0.1) is 0 Å². The van der Waals surface area contributed by atoms with Crippen LogP contribution < -0.4 is 0 Å². The molecule has 1 saturated carbocycles. The molecule has 0 heterocycles. The highest BCUT2D eigenvalue weighted by molar-refractivity contribution is 9.09. The average Bonchev–Trinajstić information content (AvgIpc) is 3.05. The molecular formula is C13H15BrF2. The van der Waals surface area contributed by atoms with Gasteiger partial charge < -0.3 is 0 Å². The van der Waals surface area contributed by atoms with Crippen LogP contribution in [0.25, 0.3) is 0 Å². The monoisotopic (exact) mass is 288 g/mol. The summed E-state index contributed by atoms with van der Waals surface area (Å²) < 4.78 is 26.8. The number of rotatable bonds is 3. The number of hydrogen-bond acceptors (Lipinski definition) is 0. The molecule has 0 nitrogen and oxygen atoms in total. The minimum absolute atomic E-state index is 0.0145. The third-order valence-corrected chi connectivity index (χ3v) is 4.73. The number of aryl methyl sites for hydroxylation is 1. The van der Waals surface area contributed by atoms with Gasteiger partial charge in [-0.05, 0) is 43.2 Å². The molecule has 1 aliphatic rings. The van der Waals surface area contributed by atoms with Gasteiger partial charge in [0.15, 0.2) is 0 Å². The highest BCUT2D eigenvalue weighted by Crippen LogP contribution is 2.46. The van der Waals surface area contributed by atoms with Gasteiger partial charge in [-0.3, -0.25) is 0 Å². The van der Waals surface area contributed by atoms with E-state index in [1.165, 1.54) is 12.8 Å². The topological polar surface area (TPSA) is 0 Å². The van der Waals surface area contributed by atoms with E-state index in [0.29, 0.717) is 23.0 Å². The first kappa shape index (κ1) is 12.0. The summed E-state index contributed by atoms with van der Waals surface area (Å²) in [5.41, 5.74) is 1.09. The molecule has 2 rings (SSSR count). The van der Waals surface area contributed by atoms with Crippen molar-refractivity contribution in [1.82, 2.24) is 0 Å². The van der Waals surface area contributed by atoms with Crippen molar-refractivity contribution in [2.75, 3.05) is 0 Å². The summed E-state index contributed by atoms with van der Waals surface area (Å²) >= 11 is 3.54. The lowest BCUT2D eigenvalue weighted by atomic mass is 9.95. The maximum atomic E-state index is 13.7. The number of alkyl halides is 1. The van der Waals surface area contributed by atoms with Crippen LogP contribution >= 0.6 is 15.9 Å². The van der Waals surface area contributed by atoms with Gasteiger partial charge in [-0.1, -0.05) is 22.9 Å². The van der Waals surface area contributed by atoms with Crippen LogP contribution in [0.1, 0.15) is 35.7 Å². The molecule has 1 fully saturated rings. The van der Waals surface area contributed by atoms with Gasteiger partial charge in [0, 0.05) is 16.5 Å². The molecule has 0 N–H and O–H groups in total. The lowest BCUT2D eigenvalue weighted by Gasteiger charge is -2.19. The second-order valence-corrected chi connectivity index (χ2v) is 5.71. The van der Waals surface area contributed by atoms with Gasteiger partial charge >= 0.3 is 0 Å². The van der Waals surface area contributed by atoms with Crippen LogP contribution in [0.5, 0.6) is 0 Å². The summed E-state index contributed by atoms with van der Waals surface area (Å²) in [7, 11) is 0. The van der Waals surface area contributed by atoms with Crippen LogP contribution in [0.15, 0.2) is 12.1 Å². The zero-order chi connectivity index (χ0) is 11.9. The Labute approximate surface area is 103 Å². The van der Waals surface area contributed by atoms with Gasteiger partial charge in [0.2, 0.25) is 0 Å². The van der Waals surface area contributed by atoms with Gasteiger partial charge in [-0.2, -0.15) is 0 Å². The fraction of sp³-hybridized carbons (Fsp3) is 0.538. The Morgan fingerprint density at radius 2 is 1.88 bits per heavy atom. The Morgan fingerprint density at radius 3 is 2.44 bits per heavy atom. The molecule has 1 aromatic rings.